The molecule has 3 aliphatic carbocycles. The number of halogens is 1. The summed E-state index contributed by atoms with van der Waals surface area (Å²) >= 11 is 3.61. The molecule has 1 heteroatoms. The molecule has 0 aromatic heterocycles. The van der Waals surface area contributed by atoms with Gasteiger partial charge in [-0.05, 0) is 71.4 Å². The Morgan fingerprint density at radius 1 is 1.23 bits per heavy atom. The molecule has 0 amide bonds. The molecule has 0 heterocycles. The average Bonchev–Trinajstić information content (AvgIpc) is 3.10. The van der Waals surface area contributed by atoms with Gasteiger partial charge in [0.15, 0.2) is 0 Å². The van der Waals surface area contributed by atoms with Crippen molar-refractivity contribution in [3.8, 4) is 0 Å². The third-order valence-corrected chi connectivity index (χ3v) is 5.51. The van der Waals surface area contributed by atoms with Crippen LogP contribution >= 0.6 is 15.9 Å². The molecule has 110 valence electrons. The number of hydrogen-bond donors (Lipinski definition) is 0. The number of allylic oxidation sites excluding steroid dienone is 9. The van der Waals surface area contributed by atoms with Crippen molar-refractivity contribution in [1.82, 2.24) is 0 Å². The van der Waals surface area contributed by atoms with Crippen molar-refractivity contribution in [2.75, 3.05) is 0 Å². The second-order valence-electron chi connectivity index (χ2n) is 6.45. The van der Waals surface area contributed by atoms with Crippen LogP contribution in [0.2, 0.25) is 0 Å². The quantitative estimate of drug-likeness (QED) is 0.572. The van der Waals surface area contributed by atoms with Gasteiger partial charge in [-0.15, -0.1) is 0 Å². The van der Waals surface area contributed by atoms with Crippen LogP contribution in [0.1, 0.15) is 43.7 Å². The van der Waals surface area contributed by atoms with E-state index in [1.807, 2.05) is 0 Å². The van der Waals surface area contributed by atoms with Gasteiger partial charge in [-0.1, -0.05) is 58.8 Å². The minimum absolute atomic E-state index is 0.478. The minimum atomic E-state index is 0.478. The zero-order valence-corrected chi connectivity index (χ0v) is 14.6. The Labute approximate surface area is 140 Å². The first-order chi connectivity index (χ1) is 10.6. The van der Waals surface area contributed by atoms with E-state index in [9.17, 15) is 0 Å². The van der Waals surface area contributed by atoms with E-state index >= 15 is 0 Å². The molecule has 1 atom stereocenters. The molecule has 1 aromatic rings. The Bertz CT molecular complexity index is 812. The van der Waals surface area contributed by atoms with Crippen LogP contribution in [-0.4, -0.2) is 0 Å². The maximum Gasteiger partial charge on any atom is 0.0181 e. The summed E-state index contributed by atoms with van der Waals surface area (Å²) in [5, 5.41) is 0. The molecule has 0 fully saturated rings. The molecule has 0 saturated heterocycles. The summed E-state index contributed by atoms with van der Waals surface area (Å²) in [6.45, 7) is 4.59. The summed E-state index contributed by atoms with van der Waals surface area (Å²) < 4.78 is 1.16. The van der Waals surface area contributed by atoms with Crippen molar-refractivity contribution in [2.45, 2.75) is 32.6 Å². The summed E-state index contributed by atoms with van der Waals surface area (Å²) in [4.78, 5) is 0. The maximum absolute atomic E-state index is 3.61. The SMILES string of the molecule is CC1=C(CC2=CC=CC2)C2=Cc3cc(Br)ccc3C(C)C2=C1. The Hall–Kier alpha value is -1.60. The predicted molar refractivity (Wildman–Crippen MR) is 97.8 cm³/mol. The predicted octanol–water partition coefficient (Wildman–Crippen LogP) is 6.48. The molecule has 4 rings (SSSR count). The fourth-order valence-corrected chi connectivity index (χ4v) is 4.16. The van der Waals surface area contributed by atoms with Gasteiger partial charge in [0.2, 0.25) is 0 Å². The third-order valence-electron chi connectivity index (χ3n) is 5.02. The fraction of sp³-hybridized carbons (Fsp3) is 0.238. The number of benzene rings is 1. The van der Waals surface area contributed by atoms with Crippen LogP contribution in [0.5, 0.6) is 0 Å². The van der Waals surface area contributed by atoms with Crippen molar-refractivity contribution in [3.63, 3.8) is 0 Å². The van der Waals surface area contributed by atoms with Crippen LogP contribution in [0.4, 0.5) is 0 Å². The lowest BCUT2D eigenvalue weighted by atomic mass is 9.79. The van der Waals surface area contributed by atoms with Crippen LogP contribution in [0.15, 0.2) is 74.8 Å². The Balaban J connectivity index is 1.77. The van der Waals surface area contributed by atoms with E-state index < -0.39 is 0 Å². The first-order valence-corrected chi connectivity index (χ1v) is 8.70. The van der Waals surface area contributed by atoms with Crippen LogP contribution in [0.3, 0.4) is 0 Å². The van der Waals surface area contributed by atoms with Crippen LogP contribution < -0.4 is 0 Å². The molecule has 1 aromatic carbocycles. The number of rotatable bonds is 2. The molecule has 0 saturated carbocycles. The van der Waals surface area contributed by atoms with E-state index in [2.05, 4.69) is 78.4 Å². The smallest absolute Gasteiger partial charge is 0.0181 e. The Kier molecular flexibility index (Phi) is 3.34. The van der Waals surface area contributed by atoms with Crippen molar-refractivity contribution in [1.29, 1.82) is 0 Å². The Morgan fingerprint density at radius 3 is 2.86 bits per heavy atom. The molecular weight excluding hydrogens is 332 g/mol. The highest BCUT2D eigenvalue weighted by Gasteiger charge is 2.29. The molecule has 0 nitrogen and oxygen atoms in total. The van der Waals surface area contributed by atoms with Crippen LogP contribution in [0, 0.1) is 0 Å². The molecule has 0 spiro atoms. The van der Waals surface area contributed by atoms with Gasteiger partial charge < -0.3 is 0 Å². The van der Waals surface area contributed by atoms with Crippen molar-refractivity contribution in [3.05, 3.63) is 86.0 Å². The third kappa shape index (κ3) is 2.19. The van der Waals surface area contributed by atoms with E-state index in [4.69, 9.17) is 0 Å². The van der Waals surface area contributed by atoms with Crippen molar-refractivity contribution in [2.24, 2.45) is 0 Å². The fourth-order valence-electron chi connectivity index (χ4n) is 3.79. The maximum atomic E-state index is 3.61. The summed E-state index contributed by atoms with van der Waals surface area (Å²) in [7, 11) is 0. The Morgan fingerprint density at radius 2 is 2.09 bits per heavy atom. The van der Waals surface area contributed by atoms with Gasteiger partial charge in [-0.2, -0.15) is 0 Å². The van der Waals surface area contributed by atoms with Crippen molar-refractivity contribution >= 4 is 22.0 Å². The highest BCUT2D eigenvalue weighted by molar-refractivity contribution is 9.10. The molecule has 0 bridgehead atoms. The second-order valence-corrected chi connectivity index (χ2v) is 7.36. The molecule has 3 aliphatic rings. The summed E-state index contributed by atoms with van der Waals surface area (Å²) in [5.74, 6) is 0.478. The van der Waals surface area contributed by atoms with E-state index in [1.54, 1.807) is 0 Å². The summed E-state index contributed by atoms with van der Waals surface area (Å²) in [6.07, 6.45) is 13.7. The normalized spacial score (nSPS) is 22.3. The van der Waals surface area contributed by atoms with Gasteiger partial charge in [0.05, 0.1) is 0 Å². The topological polar surface area (TPSA) is 0 Å². The monoisotopic (exact) mass is 350 g/mol. The molecule has 0 radical (unpaired) electrons. The molecule has 22 heavy (non-hydrogen) atoms. The minimum Gasteiger partial charge on any atom is -0.0804 e. The van der Waals surface area contributed by atoms with Crippen molar-refractivity contribution < 1.29 is 0 Å². The van der Waals surface area contributed by atoms with Crippen LogP contribution in [-0.2, 0) is 0 Å². The van der Waals surface area contributed by atoms with Crippen LogP contribution in [0.25, 0.3) is 6.08 Å². The first-order valence-electron chi connectivity index (χ1n) is 7.91. The van der Waals surface area contributed by atoms with E-state index in [-0.39, 0.29) is 0 Å². The average molecular weight is 351 g/mol. The molecule has 0 aliphatic heterocycles. The standard InChI is InChI=1S/C21H19Br/c1-13-9-20-14(2)18-8-7-17(22)11-16(18)12-21(20)19(13)10-15-5-3-4-6-15/h3-5,7-9,11-12,14H,6,10H2,1-2H3. The number of fused-ring (bicyclic) bond motifs is 2. The molecule has 1 unspecified atom stereocenters. The van der Waals surface area contributed by atoms with E-state index in [0.717, 1.165) is 17.3 Å². The largest absolute Gasteiger partial charge is 0.0804 e. The highest BCUT2D eigenvalue weighted by Crippen LogP contribution is 2.47. The second kappa shape index (κ2) is 5.24. The van der Waals surface area contributed by atoms with Gasteiger partial charge in [0, 0.05) is 10.4 Å². The van der Waals surface area contributed by atoms with Gasteiger partial charge in [0.25, 0.3) is 0 Å². The summed E-state index contributed by atoms with van der Waals surface area (Å²) in [6, 6.07) is 6.66. The van der Waals surface area contributed by atoms with Gasteiger partial charge in [-0.3, -0.25) is 0 Å². The lowest BCUT2D eigenvalue weighted by Gasteiger charge is -2.25. The zero-order valence-electron chi connectivity index (χ0n) is 13.0. The van der Waals surface area contributed by atoms with Gasteiger partial charge in [-0.25, -0.2) is 0 Å². The lowest BCUT2D eigenvalue weighted by molar-refractivity contribution is 0.894. The number of hydrogen-bond acceptors (Lipinski definition) is 0. The van der Waals surface area contributed by atoms with E-state index in [1.165, 1.54) is 39.0 Å². The highest BCUT2D eigenvalue weighted by atomic mass is 79.9. The van der Waals surface area contributed by atoms with Gasteiger partial charge >= 0.3 is 0 Å². The summed E-state index contributed by atoms with van der Waals surface area (Å²) in [5.41, 5.74) is 10.2. The lowest BCUT2D eigenvalue weighted by Crippen LogP contribution is -2.07. The molecular formula is C21H19Br. The first kappa shape index (κ1) is 14.0. The zero-order chi connectivity index (χ0) is 15.3. The molecule has 0 N–H and O–H groups in total. The van der Waals surface area contributed by atoms with E-state index in [0.29, 0.717) is 5.92 Å². The van der Waals surface area contributed by atoms with Gasteiger partial charge in [0.1, 0.15) is 0 Å².